The SMILES string of the molecule is Cc1ccc(C(=O)N/C(=C\c2cccs2)C(=O)NCCCc2ccco2)cc1. The molecule has 2 amide bonds. The zero-order chi connectivity index (χ0) is 19.8. The summed E-state index contributed by atoms with van der Waals surface area (Å²) in [5, 5.41) is 7.53. The first-order chi connectivity index (χ1) is 13.6. The average molecular weight is 394 g/mol. The molecular formula is C22H22N2O3S. The van der Waals surface area contributed by atoms with E-state index in [1.165, 1.54) is 11.3 Å². The fourth-order valence-electron chi connectivity index (χ4n) is 2.59. The van der Waals surface area contributed by atoms with Gasteiger partial charge in [-0.15, -0.1) is 11.3 Å². The number of amides is 2. The fourth-order valence-corrected chi connectivity index (χ4v) is 3.25. The summed E-state index contributed by atoms with van der Waals surface area (Å²) in [4.78, 5) is 26.1. The van der Waals surface area contributed by atoms with Gasteiger partial charge in [0.1, 0.15) is 11.5 Å². The van der Waals surface area contributed by atoms with Crippen molar-refractivity contribution in [1.29, 1.82) is 0 Å². The molecule has 0 unspecified atom stereocenters. The smallest absolute Gasteiger partial charge is 0.267 e. The molecule has 3 rings (SSSR count). The van der Waals surface area contributed by atoms with Crippen molar-refractivity contribution in [2.24, 2.45) is 0 Å². The largest absolute Gasteiger partial charge is 0.469 e. The molecule has 0 aliphatic rings. The summed E-state index contributed by atoms with van der Waals surface area (Å²) in [6, 6.07) is 14.8. The lowest BCUT2D eigenvalue weighted by molar-refractivity contribution is -0.117. The Bertz CT molecular complexity index is 927. The van der Waals surface area contributed by atoms with Gasteiger partial charge in [0, 0.05) is 23.4 Å². The zero-order valence-electron chi connectivity index (χ0n) is 15.6. The minimum absolute atomic E-state index is 0.228. The van der Waals surface area contributed by atoms with Crippen LogP contribution in [0.1, 0.15) is 33.0 Å². The van der Waals surface area contributed by atoms with Crippen molar-refractivity contribution < 1.29 is 14.0 Å². The Morgan fingerprint density at radius 2 is 1.93 bits per heavy atom. The van der Waals surface area contributed by atoms with Crippen LogP contribution < -0.4 is 10.6 Å². The van der Waals surface area contributed by atoms with E-state index in [2.05, 4.69) is 10.6 Å². The average Bonchev–Trinajstić information content (AvgIpc) is 3.39. The van der Waals surface area contributed by atoms with Gasteiger partial charge >= 0.3 is 0 Å². The van der Waals surface area contributed by atoms with Gasteiger partial charge in [0.2, 0.25) is 0 Å². The van der Waals surface area contributed by atoms with Gasteiger partial charge in [0.25, 0.3) is 11.8 Å². The number of furan rings is 1. The van der Waals surface area contributed by atoms with Gasteiger partial charge in [-0.3, -0.25) is 9.59 Å². The highest BCUT2D eigenvalue weighted by Crippen LogP contribution is 2.13. The first-order valence-corrected chi connectivity index (χ1v) is 9.93. The van der Waals surface area contributed by atoms with Crippen molar-refractivity contribution in [3.63, 3.8) is 0 Å². The van der Waals surface area contributed by atoms with Crippen molar-refractivity contribution in [3.05, 3.63) is 87.6 Å². The third-order valence-electron chi connectivity index (χ3n) is 4.10. The molecule has 144 valence electrons. The molecule has 0 spiro atoms. The maximum absolute atomic E-state index is 12.6. The molecule has 6 heteroatoms. The molecule has 28 heavy (non-hydrogen) atoms. The Hall–Kier alpha value is -3.12. The van der Waals surface area contributed by atoms with Gasteiger partial charge in [-0.05, 0) is 55.1 Å². The predicted octanol–water partition coefficient (Wildman–Crippen LogP) is 4.17. The monoisotopic (exact) mass is 394 g/mol. The van der Waals surface area contributed by atoms with Crippen LogP contribution in [0.2, 0.25) is 0 Å². The Labute approximate surface area is 168 Å². The molecule has 2 aromatic heterocycles. The van der Waals surface area contributed by atoms with E-state index < -0.39 is 0 Å². The number of benzene rings is 1. The van der Waals surface area contributed by atoms with Crippen molar-refractivity contribution in [2.45, 2.75) is 19.8 Å². The summed E-state index contributed by atoms with van der Waals surface area (Å²) in [5.74, 6) is 0.262. The van der Waals surface area contributed by atoms with Crippen molar-refractivity contribution >= 4 is 29.2 Å². The number of rotatable bonds is 8. The maximum atomic E-state index is 12.6. The number of carbonyl (C=O) groups is 2. The van der Waals surface area contributed by atoms with Crippen LogP contribution in [-0.4, -0.2) is 18.4 Å². The molecule has 0 aliphatic heterocycles. The van der Waals surface area contributed by atoms with Crippen LogP contribution in [0.15, 0.2) is 70.3 Å². The molecule has 1 aromatic carbocycles. The summed E-state index contributed by atoms with van der Waals surface area (Å²) in [7, 11) is 0. The minimum atomic E-state index is -0.312. The molecule has 0 radical (unpaired) electrons. The van der Waals surface area contributed by atoms with Gasteiger partial charge < -0.3 is 15.1 Å². The normalized spacial score (nSPS) is 11.2. The number of thiophene rings is 1. The fraction of sp³-hybridized carbons (Fsp3) is 0.182. The third kappa shape index (κ3) is 5.69. The molecule has 0 bridgehead atoms. The number of nitrogens with one attached hydrogen (secondary N) is 2. The second kappa shape index (κ2) is 9.71. The highest BCUT2D eigenvalue weighted by molar-refractivity contribution is 7.10. The second-order valence-electron chi connectivity index (χ2n) is 6.33. The van der Waals surface area contributed by atoms with Crippen LogP contribution >= 0.6 is 11.3 Å². The van der Waals surface area contributed by atoms with Crippen LogP contribution in [-0.2, 0) is 11.2 Å². The molecule has 2 N–H and O–H groups in total. The molecule has 5 nitrogen and oxygen atoms in total. The van der Waals surface area contributed by atoms with Crippen LogP contribution in [0.4, 0.5) is 0 Å². The second-order valence-corrected chi connectivity index (χ2v) is 7.31. The summed E-state index contributed by atoms with van der Waals surface area (Å²) in [6.45, 7) is 2.45. The quantitative estimate of drug-likeness (QED) is 0.445. The lowest BCUT2D eigenvalue weighted by Crippen LogP contribution is -2.35. The van der Waals surface area contributed by atoms with E-state index in [9.17, 15) is 9.59 Å². The van der Waals surface area contributed by atoms with E-state index in [0.29, 0.717) is 12.1 Å². The summed E-state index contributed by atoms with van der Waals surface area (Å²) in [5.41, 5.74) is 1.81. The Kier molecular flexibility index (Phi) is 6.81. The number of aryl methyl sites for hydroxylation is 2. The number of hydrogen-bond donors (Lipinski definition) is 2. The first-order valence-electron chi connectivity index (χ1n) is 9.05. The minimum Gasteiger partial charge on any atom is -0.469 e. The Morgan fingerprint density at radius 3 is 2.61 bits per heavy atom. The van der Waals surface area contributed by atoms with Crippen molar-refractivity contribution in [1.82, 2.24) is 10.6 Å². The van der Waals surface area contributed by atoms with Crippen LogP contribution in [0.25, 0.3) is 6.08 Å². The van der Waals surface area contributed by atoms with Crippen LogP contribution in [0, 0.1) is 6.92 Å². The molecule has 2 heterocycles. The van der Waals surface area contributed by atoms with E-state index >= 15 is 0 Å². The lowest BCUT2D eigenvalue weighted by Gasteiger charge is -2.11. The lowest BCUT2D eigenvalue weighted by atomic mass is 10.1. The van der Waals surface area contributed by atoms with Gasteiger partial charge in [-0.25, -0.2) is 0 Å². The van der Waals surface area contributed by atoms with Crippen LogP contribution in [0.3, 0.4) is 0 Å². The van der Waals surface area contributed by atoms with Gasteiger partial charge in [0.15, 0.2) is 0 Å². The molecule has 3 aromatic rings. The molecule has 0 fully saturated rings. The van der Waals surface area contributed by atoms with Gasteiger partial charge in [-0.1, -0.05) is 23.8 Å². The van der Waals surface area contributed by atoms with E-state index in [4.69, 9.17) is 4.42 Å². The molecule has 0 aliphatic carbocycles. The van der Waals surface area contributed by atoms with E-state index in [-0.39, 0.29) is 17.5 Å². The van der Waals surface area contributed by atoms with E-state index in [1.807, 2.05) is 48.7 Å². The summed E-state index contributed by atoms with van der Waals surface area (Å²) in [6.07, 6.45) is 4.82. The maximum Gasteiger partial charge on any atom is 0.267 e. The topological polar surface area (TPSA) is 71.3 Å². The Morgan fingerprint density at radius 1 is 1.11 bits per heavy atom. The number of carbonyl (C=O) groups excluding carboxylic acids is 2. The van der Waals surface area contributed by atoms with Crippen molar-refractivity contribution in [3.8, 4) is 0 Å². The third-order valence-corrected chi connectivity index (χ3v) is 4.92. The molecular weight excluding hydrogens is 372 g/mol. The molecule has 0 saturated heterocycles. The van der Waals surface area contributed by atoms with E-state index in [0.717, 1.165) is 29.0 Å². The van der Waals surface area contributed by atoms with Crippen molar-refractivity contribution in [2.75, 3.05) is 6.54 Å². The van der Waals surface area contributed by atoms with Crippen LogP contribution in [0.5, 0.6) is 0 Å². The van der Waals surface area contributed by atoms with Gasteiger partial charge in [-0.2, -0.15) is 0 Å². The van der Waals surface area contributed by atoms with E-state index in [1.54, 1.807) is 24.5 Å². The number of hydrogen-bond acceptors (Lipinski definition) is 4. The van der Waals surface area contributed by atoms with Gasteiger partial charge in [0.05, 0.1) is 6.26 Å². The zero-order valence-corrected chi connectivity index (χ0v) is 16.4. The summed E-state index contributed by atoms with van der Waals surface area (Å²) >= 11 is 1.50. The highest BCUT2D eigenvalue weighted by Gasteiger charge is 2.14. The highest BCUT2D eigenvalue weighted by atomic mass is 32.1. The predicted molar refractivity (Wildman–Crippen MR) is 111 cm³/mol. The summed E-state index contributed by atoms with van der Waals surface area (Å²) < 4.78 is 5.29. The molecule has 0 atom stereocenters. The first kappa shape index (κ1) is 19.6. The standard InChI is InChI=1S/C22H22N2O3S/c1-16-8-10-17(11-9-16)21(25)24-20(15-19-7-4-14-28-19)22(26)23-12-2-5-18-6-3-13-27-18/h3-4,6-11,13-15H,2,5,12H2,1H3,(H,23,26)(H,24,25)/b20-15-. The molecule has 0 saturated carbocycles. The Balaban J connectivity index is 1.63.